The predicted molar refractivity (Wildman–Crippen MR) is 39.2 cm³/mol. The molecule has 0 aromatic rings. The standard InChI is InChI=1S/C4H11O2PS/c1-3-5-7(8)6-4-2/h8H,3-4H2,1-2H3. The third-order valence-corrected chi connectivity index (χ3v) is 2.13. The van der Waals surface area contributed by atoms with Crippen molar-refractivity contribution in [3.05, 3.63) is 0 Å². The van der Waals surface area contributed by atoms with Crippen molar-refractivity contribution in [2.45, 2.75) is 13.8 Å². The Labute approximate surface area is 56.6 Å². The van der Waals surface area contributed by atoms with E-state index in [0.29, 0.717) is 13.2 Å². The summed E-state index contributed by atoms with van der Waals surface area (Å²) in [7, 11) is -0.886. The highest BCUT2D eigenvalue weighted by atomic mass is 32.7. The van der Waals surface area contributed by atoms with Gasteiger partial charge in [0, 0.05) is 0 Å². The minimum Gasteiger partial charge on any atom is -0.326 e. The first-order valence-electron chi connectivity index (χ1n) is 2.56. The van der Waals surface area contributed by atoms with Gasteiger partial charge in [0.05, 0.1) is 13.2 Å². The summed E-state index contributed by atoms with van der Waals surface area (Å²) in [6.07, 6.45) is 0. The van der Waals surface area contributed by atoms with Crippen LogP contribution in [0.5, 0.6) is 0 Å². The summed E-state index contributed by atoms with van der Waals surface area (Å²) >= 11 is 4.01. The molecule has 0 N–H and O–H groups in total. The van der Waals surface area contributed by atoms with Crippen molar-refractivity contribution >= 4 is 19.8 Å². The molecule has 0 amide bonds. The molecule has 2 nitrogen and oxygen atoms in total. The molecule has 0 radical (unpaired) electrons. The van der Waals surface area contributed by atoms with E-state index in [1.54, 1.807) is 0 Å². The average molecular weight is 154 g/mol. The minimum atomic E-state index is -0.886. The highest BCUT2D eigenvalue weighted by molar-refractivity contribution is 8.41. The second-order valence-corrected chi connectivity index (χ2v) is 3.05. The zero-order valence-corrected chi connectivity index (χ0v) is 6.91. The molecular weight excluding hydrogens is 143 g/mol. The number of hydrogen-bond donors (Lipinski definition) is 1. The predicted octanol–water partition coefficient (Wildman–Crippen LogP) is 2.22. The van der Waals surface area contributed by atoms with Crippen LogP contribution < -0.4 is 0 Å². The van der Waals surface area contributed by atoms with Gasteiger partial charge in [0.1, 0.15) is 0 Å². The fraction of sp³-hybridized carbons (Fsp3) is 1.00. The molecule has 0 spiro atoms. The quantitative estimate of drug-likeness (QED) is 0.494. The number of thiol groups is 1. The summed E-state index contributed by atoms with van der Waals surface area (Å²) in [5, 5.41) is 0. The van der Waals surface area contributed by atoms with Crippen LogP contribution in [0.4, 0.5) is 0 Å². The Morgan fingerprint density at radius 3 is 1.88 bits per heavy atom. The second kappa shape index (κ2) is 5.83. The molecule has 0 aromatic carbocycles. The first-order valence-corrected chi connectivity index (χ1v) is 4.89. The first kappa shape index (κ1) is 8.70. The molecule has 0 saturated heterocycles. The van der Waals surface area contributed by atoms with Gasteiger partial charge in [0.15, 0.2) is 0 Å². The lowest BCUT2D eigenvalue weighted by Crippen LogP contribution is -1.83. The molecule has 4 heteroatoms. The Balaban J connectivity index is 2.92. The molecule has 0 aliphatic rings. The van der Waals surface area contributed by atoms with Crippen LogP contribution in [0.25, 0.3) is 0 Å². The molecule has 0 heterocycles. The van der Waals surface area contributed by atoms with Gasteiger partial charge in [-0.1, -0.05) is 12.2 Å². The second-order valence-electron chi connectivity index (χ2n) is 1.07. The molecule has 0 aliphatic heterocycles. The Morgan fingerprint density at radius 2 is 1.62 bits per heavy atom. The van der Waals surface area contributed by atoms with Crippen molar-refractivity contribution in [3.8, 4) is 0 Å². The average Bonchev–Trinajstić information content (AvgIpc) is 1.68. The Morgan fingerprint density at radius 1 is 1.25 bits per heavy atom. The van der Waals surface area contributed by atoms with Crippen molar-refractivity contribution in [2.75, 3.05) is 13.2 Å². The lowest BCUT2D eigenvalue weighted by molar-refractivity contribution is 0.283. The van der Waals surface area contributed by atoms with Gasteiger partial charge in [-0.15, -0.1) is 0 Å². The Bertz CT molecular complexity index is 47.3. The lowest BCUT2D eigenvalue weighted by Gasteiger charge is -2.06. The van der Waals surface area contributed by atoms with Gasteiger partial charge in [0.25, 0.3) is 0 Å². The number of hydrogen-bond acceptors (Lipinski definition) is 3. The molecular formula is C4H11O2PS. The molecule has 50 valence electrons. The summed E-state index contributed by atoms with van der Waals surface area (Å²) in [6.45, 7) is 5.19. The summed E-state index contributed by atoms with van der Waals surface area (Å²) < 4.78 is 9.98. The van der Waals surface area contributed by atoms with Gasteiger partial charge in [-0.05, 0) is 13.8 Å². The summed E-state index contributed by atoms with van der Waals surface area (Å²) in [6, 6.07) is 0. The van der Waals surface area contributed by atoms with E-state index < -0.39 is 7.58 Å². The highest BCUT2D eigenvalue weighted by Crippen LogP contribution is 2.42. The van der Waals surface area contributed by atoms with Gasteiger partial charge in [-0.2, -0.15) is 0 Å². The molecule has 0 bridgehead atoms. The zero-order valence-electron chi connectivity index (χ0n) is 5.13. The summed E-state index contributed by atoms with van der Waals surface area (Å²) in [5.74, 6) is 0. The van der Waals surface area contributed by atoms with E-state index in [2.05, 4.69) is 12.2 Å². The van der Waals surface area contributed by atoms with Crippen LogP contribution in [0.1, 0.15) is 13.8 Å². The van der Waals surface area contributed by atoms with E-state index in [4.69, 9.17) is 9.05 Å². The largest absolute Gasteiger partial charge is 0.326 e. The van der Waals surface area contributed by atoms with Gasteiger partial charge in [0.2, 0.25) is 7.58 Å². The van der Waals surface area contributed by atoms with Crippen molar-refractivity contribution in [2.24, 2.45) is 0 Å². The van der Waals surface area contributed by atoms with Crippen molar-refractivity contribution in [1.82, 2.24) is 0 Å². The molecule has 0 saturated carbocycles. The van der Waals surface area contributed by atoms with Gasteiger partial charge < -0.3 is 9.05 Å². The van der Waals surface area contributed by atoms with E-state index in [-0.39, 0.29) is 0 Å². The van der Waals surface area contributed by atoms with Crippen LogP contribution in [0.3, 0.4) is 0 Å². The molecule has 0 aliphatic carbocycles. The maximum absolute atomic E-state index is 4.99. The monoisotopic (exact) mass is 154 g/mol. The topological polar surface area (TPSA) is 18.5 Å². The summed E-state index contributed by atoms with van der Waals surface area (Å²) in [5.41, 5.74) is 0. The van der Waals surface area contributed by atoms with E-state index in [0.717, 1.165) is 0 Å². The van der Waals surface area contributed by atoms with Crippen LogP contribution in [0, 0.1) is 0 Å². The normalized spacial score (nSPS) is 10.5. The molecule has 0 rings (SSSR count). The van der Waals surface area contributed by atoms with Crippen molar-refractivity contribution in [1.29, 1.82) is 0 Å². The third-order valence-electron chi connectivity index (χ3n) is 0.479. The van der Waals surface area contributed by atoms with Crippen LogP contribution in [0.15, 0.2) is 0 Å². The van der Waals surface area contributed by atoms with Gasteiger partial charge in [-0.25, -0.2) is 0 Å². The van der Waals surface area contributed by atoms with Crippen LogP contribution in [-0.2, 0) is 9.05 Å². The van der Waals surface area contributed by atoms with E-state index >= 15 is 0 Å². The minimum absolute atomic E-state index is 0.676. The molecule has 0 unspecified atom stereocenters. The van der Waals surface area contributed by atoms with Crippen molar-refractivity contribution < 1.29 is 9.05 Å². The fourth-order valence-electron chi connectivity index (χ4n) is 0.258. The third kappa shape index (κ3) is 4.85. The first-order chi connectivity index (χ1) is 3.81. The van der Waals surface area contributed by atoms with Crippen LogP contribution in [0.2, 0.25) is 0 Å². The fourth-order valence-corrected chi connectivity index (χ4v) is 1.47. The SMILES string of the molecule is CCOP(S)OCC. The van der Waals surface area contributed by atoms with Crippen LogP contribution >= 0.6 is 19.8 Å². The maximum Gasteiger partial charge on any atom is 0.234 e. The van der Waals surface area contributed by atoms with Gasteiger partial charge in [-0.3, -0.25) is 0 Å². The lowest BCUT2D eigenvalue weighted by atomic mass is 10.9. The molecule has 8 heavy (non-hydrogen) atoms. The number of rotatable bonds is 4. The highest BCUT2D eigenvalue weighted by Gasteiger charge is 1.98. The molecule has 0 atom stereocenters. The molecule has 0 fully saturated rings. The zero-order chi connectivity index (χ0) is 6.41. The molecule has 0 aromatic heterocycles. The Kier molecular flexibility index (Phi) is 6.34. The Hall–Kier alpha value is 0.700. The smallest absolute Gasteiger partial charge is 0.234 e. The maximum atomic E-state index is 4.99. The summed E-state index contributed by atoms with van der Waals surface area (Å²) in [4.78, 5) is 0. The van der Waals surface area contributed by atoms with Crippen LogP contribution in [-0.4, -0.2) is 13.2 Å². The van der Waals surface area contributed by atoms with Gasteiger partial charge >= 0.3 is 0 Å². The van der Waals surface area contributed by atoms with E-state index in [1.165, 1.54) is 0 Å². The van der Waals surface area contributed by atoms with E-state index in [1.807, 2.05) is 13.8 Å². The van der Waals surface area contributed by atoms with E-state index in [9.17, 15) is 0 Å². The van der Waals surface area contributed by atoms with Crippen molar-refractivity contribution in [3.63, 3.8) is 0 Å².